The fourth-order valence-corrected chi connectivity index (χ4v) is 1.85. The molecule has 0 bridgehead atoms. The van der Waals surface area contributed by atoms with Gasteiger partial charge in [0.05, 0.1) is 6.54 Å². The second-order valence-electron chi connectivity index (χ2n) is 3.94. The van der Waals surface area contributed by atoms with Crippen molar-refractivity contribution in [3.63, 3.8) is 0 Å². The van der Waals surface area contributed by atoms with E-state index in [0.717, 1.165) is 23.1 Å². The van der Waals surface area contributed by atoms with Gasteiger partial charge < -0.3 is 11.1 Å². The molecule has 1 amide bonds. The molecule has 1 rings (SSSR count). The zero-order chi connectivity index (χ0) is 12.7. The second-order valence-corrected chi connectivity index (χ2v) is 4.85. The van der Waals surface area contributed by atoms with E-state index in [2.05, 4.69) is 21.2 Å². The zero-order valence-corrected chi connectivity index (χ0v) is 11.5. The van der Waals surface area contributed by atoms with Crippen LogP contribution in [0.25, 0.3) is 0 Å². The number of halogens is 1. The Balaban J connectivity index is 2.39. The number of benzene rings is 1. The number of amides is 1. The van der Waals surface area contributed by atoms with E-state index in [1.54, 1.807) is 0 Å². The maximum Gasteiger partial charge on any atom is 0.238 e. The second kappa shape index (κ2) is 7.42. The summed E-state index contributed by atoms with van der Waals surface area (Å²) in [5, 5.41) is 2.85. The van der Waals surface area contributed by atoms with E-state index in [-0.39, 0.29) is 5.91 Å². The topological polar surface area (TPSA) is 58.4 Å². The fourth-order valence-electron chi connectivity index (χ4n) is 1.45. The number of carbonyl (C=O) groups is 1. The van der Waals surface area contributed by atoms with Crippen LogP contribution in [0.5, 0.6) is 0 Å². The molecule has 5 heteroatoms. The van der Waals surface area contributed by atoms with Crippen molar-refractivity contribution in [1.29, 1.82) is 0 Å². The molecule has 0 heterocycles. The lowest BCUT2D eigenvalue weighted by molar-refractivity contribution is -0.117. The van der Waals surface area contributed by atoms with E-state index in [4.69, 9.17) is 5.73 Å². The monoisotopic (exact) mass is 299 g/mol. The first-order valence-corrected chi connectivity index (χ1v) is 6.35. The Bertz CT molecular complexity index is 371. The third-order valence-electron chi connectivity index (χ3n) is 2.27. The molecule has 0 radical (unpaired) electrons. The molecule has 0 atom stereocenters. The lowest BCUT2D eigenvalue weighted by atomic mass is 10.3. The molecule has 94 valence electrons. The molecule has 0 spiro atoms. The third kappa shape index (κ3) is 5.81. The van der Waals surface area contributed by atoms with E-state index in [9.17, 15) is 4.79 Å². The number of rotatable bonds is 6. The van der Waals surface area contributed by atoms with E-state index < -0.39 is 0 Å². The van der Waals surface area contributed by atoms with Gasteiger partial charge in [-0.25, -0.2) is 0 Å². The van der Waals surface area contributed by atoms with Crippen molar-refractivity contribution in [2.45, 2.75) is 6.42 Å². The van der Waals surface area contributed by atoms with Gasteiger partial charge in [0, 0.05) is 10.2 Å². The molecular formula is C12H18BrN3O. The van der Waals surface area contributed by atoms with Crippen LogP contribution in [-0.2, 0) is 4.79 Å². The minimum absolute atomic E-state index is 0.0115. The van der Waals surface area contributed by atoms with E-state index in [1.807, 2.05) is 36.2 Å². The van der Waals surface area contributed by atoms with Gasteiger partial charge in [-0.1, -0.05) is 22.0 Å². The van der Waals surface area contributed by atoms with Gasteiger partial charge in [0.2, 0.25) is 5.91 Å². The summed E-state index contributed by atoms with van der Waals surface area (Å²) in [6, 6.07) is 7.54. The summed E-state index contributed by atoms with van der Waals surface area (Å²) in [6.07, 6.45) is 0.903. The van der Waals surface area contributed by atoms with Crippen molar-refractivity contribution in [3.8, 4) is 0 Å². The van der Waals surface area contributed by atoms with Crippen LogP contribution in [-0.4, -0.2) is 37.5 Å². The summed E-state index contributed by atoms with van der Waals surface area (Å²) in [4.78, 5) is 13.7. The van der Waals surface area contributed by atoms with Gasteiger partial charge in [-0.05, 0) is 44.8 Å². The van der Waals surface area contributed by atoms with Crippen molar-refractivity contribution in [2.75, 3.05) is 32.0 Å². The normalized spacial score (nSPS) is 10.6. The molecule has 17 heavy (non-hydrogen) atoms. The number of nitrogens with one attached hydrogen (secondary N) is 1. The average molecular weight is 300 g/mol. The Labute approximate surface area is 110 Å². The quantitative estimate of drug-likeness (QED) is 0.840. The predicted octanol–water partition coefficient (Wildman–Crippen LogP) is 1.67. The molecule has 3 N–H and O–H groups in total. The van der Waals surface area contributed by atoms with Crippen LogP contribution in [0.3, 0.4) is 0 Å². The highest BCUT2D eigenvalue weighted by Gasteiger charge is 2.06. The van der Waals surface area contributed by atoms with Crippen LogP contribution < -0.4 is 11.1 Å². The zero-order valence-electron chi connectivity index (χ0n) is 9.95. The van der Waals surface area contributed by atoms with Crippen LogP contribution in [0, 0.1) is 0 Å². The van der Waals surface area contributed by atoms with Crippen molar-refractivity contribution >= 4 is 27.5 Å². The van der Waals surface area contributed by atoms with Crippen molar-refractivity contribution in [3.05, 3.63) is 28.7 Å². The van der Waals surface area contributed by atoms with Gasteiger partial charge in [-0.3, -0.25) is 9.69 Å². The maximum atomic E-state index is 11.7. The Kier molecular flexibility index (Phi) is 6.18. The standard InChI is InChI=1S/C12H18BrN3O/c1-16(7-3-6-14)9-12(17)15-11-5-2-4-10(13)8-11/h2,4-5,8H,3,6-7,9,14H2,1H3,(H,15,17). The number of nitrogens with two attached hydrogens (primary N) is 1. The molecule has 0 saturated heterocycles. The van der Waals surface area contributed by atoms with Gasteiger partial charge in [-0.15, -0.1) is 0 Å². The van der Waals surface area contributed by atoms with Gasteiger partial charge in [0.1, 0.15) is 0 Å². The molecule has 4 nitrogen and oxygen atoms in total. The predicted molar refractivity (Wildman–Crippen MR) is 73.9 cm³/mol. The smallest absolute Gasteiger partial charge is 0.238 e. The van der Waals surface area contributed by atoms with Crippen LogP contribution in [0.1, 0.15) is 6.42 Å². The number of likely N-dealkylation sites (N-methyl/N-ethyl adjacent to an activating group) is 1. The van der Waals surface area contributed by atoms with Crippen molar-refractivity contribution in [2.24, 2.45) is 5.73 Å². The van der Waals surface area contributed by atoms with Crippen LogP contribution in [0.15, 0.2) is 28.7 Å². The molecule has 0 aliphatic rings. The molecule has 0 aliphatic heterocycles. The van der Waals surface area contributed by atoms with E-state index in [1.165, 1.54) is 0 Å². The van der Waals surface area contributed by atoms with Crippen molar-refractivity contribution in [1.82, 2.24) is 4.90 Å². The number of nitrogens with zero attached hydrogens (tertiary/aromatic N) is 1. The highest BCUT2D eigenvalue weighted by atomic mass is 79.9. The van der Waals surface area contributed by atoms with Gasteiger partial charge in [0.25, 0.3) is 0 Å². The first kappa shape index (κ1) is 14.2. The van der Waals surface area contributed by atoms with Gasteiger partial charge >= 0.3 is 0 Å². The highest BCUT2D eigenvalue weighted by Crippen LogP contribution is 2.15. The number of carbonyl (C=O) groups excluding carboxylic acids is 1. The minimum atomic E-state index is -0.0115. The Morgan fingerprint density at radius 3 is 2.94 bits per heavy atom. The molecule has 0 aromatic heterocycles. The summed E-state index contributed by atoms with van der Waals surface area (Å²) < 4.78 is 0.951. The lowest BCUT2D eigenvalue weighted by Crippen LogP contribution is -2.31. The Morgan fingerprint density at radius 1 is 1.53 bits per heavy atom. The molecular weight excluding hydrogens is 282 g/mol. The Hall–Kier alpha value is -0.910. The Morgan fingerprint density at radius 2 is 2.29 bits per heavy atom. The van der Waals surface area contributed by atoms with E-state index >= 15 is 0 Å². The largest absolute Gasteiger partial charge is 0.330 e. The molecule has 1 aromatic carbocycles. The van der Waals surface area contributed by atoms with Gasteiger partial charge in [-0.2, -0.15) is 0 Å². The van der Waals surface area contributed by atoms with Gasteiger partial charge in [0.15, 0.2) is 0 Å². The first-order valence-electron chi connectivity index (χ1n) is 5.56. The average Bonchev–Trinajstić information content (AvgIpc) is 2.26. The summed E-state index contributed by atoms with van der Waals surface area (Å²) in [7, 11) is 1.91. The van der Waals surface area contributed by atoms with Crippen molar-refractivity contribution < 1.29 is 4.79 Å². The summed E-state index contributed by atoms with van der Waals surface area (Å²) in [5.74, 6) is -0.0115. The summed E-state index contributed by atoms with van der Waals surface area (Å²) in [6.45, 7) is 1.87. The molecule has 1 aromatic rings. The maximum absolute atomic E-state index is 11.7. The van der Waals surface area contributed by atoms with Crippen LogP contribution in [0.4, 0.5) is 5.69 Å². The summed E-state index contributed by atoms with van der Waals surface area (Å²) in [5.41, 5.74) is 6.22. The van der Waals surface area contributed by atoms with Crippen LogP contribution in [0.2, 0.25) is 0 Å². The number of anilines is 1. The molecule has 0 aliphatic carbocycles. The SMILES string of the molecule is CN(CCCN)CC(=O)Nc1cccc(Br)c1. The van der Waals surface area contributed by atoms with Crippen LogP contribution >= 0.6 is 15.9 Å². The first-order chi connectivity index (χ1) is 8.11. The third-order valence-corrected chi connectivity index (χ3v) is 2.76. The highest BCUT2D eigenvalue weighted by molar-refractivity contribution is 9.10. The fraction of sp³-hybridized carbons (Fsp3) is 0.417. The molecule has 0 fully saturated rings. The number of hydrogen-bond donors (Lipinski definition) is 2. The number of hydrogen-bond acceptors (Lipinski definition) is 3. The molecule has 0 unspecified atom stereocenters. The summed E-state index contributed by atoms with van der Waals surface area (Å²) >= 11 is 3.36. The lowest BCUT2D eigenvalue weighted by Gasteiger charge is -2.15. The molecule has 0 saturated carbocycles. The van der Waals surface area contributed by atoms with E-state index in [0.29, 0.717) is 13.1 Å². The minimum Gasteiger partial charge on any atom is -0.330 e.